The molecule has 0 aromatic heterocycles. The van der Waals surface area contributed by atoms with Crippen LogP contribution in [-0.4, -0.2) is 75.1 Å². The second kappa shape index (κ2) is 10.4. The number of hydrogen-bond acceptors (Lipinski definition) is 7. The average molecular weight is 552 g/mol. The van der Waals surface area contributed by atoms with Crippen LogP contribution in [0, 0.1) is 6.92 Å². The molecule has 2 aliphatic rings. The molecule has 204 valence electrons. The Balaban J connectivity index is 1.66. The maximum Gasteiger partial charge on any atom is 0.416 e. The SMILES string of the molecule is Cc1ccc(NC(=O)c2cc(C(F)(F)F)cc(S(C)(=O)=O)c2)cc1C1=CN(C)C(O)C(N2CCOCC2)=C1. The molecule has 4 rings (SSSR count). The van der Waals surface area contributed by atoms with Crippen LogP contribution in [0.15, 0.2) is 59.3 Å². The molecule has 1 unspecified atom stereocenters. The molecule has 8 nitrogen and oxygen atoms in total. The van der Waals surface area contributed by atoms with E-state index in [2.05, 4.69) is 5.32 Å². The zero-order valence-corrected chi connectivity index (χ0v) is 21.9. The lowest BCUT2D eigenvalue weighted by atomic mass is 9.97. The number of carbonyl (C=O) groups is 1. The molecule has 0 spiro atoms. The molecule has 2 aliphatic heterocycles. The van der Waals surface area contributed by atoms with Crippen molar-refractivity contribution in [2.24, 2.45) is 0 Å². The molecule has 12 heteroatoms. The third kappa shape index (κ3) is 6.03. The van der Waals surface area contributed by atoms with Gasteiger partial charge in [-0.25, -0.2) is 8.42 Å². The van der Waals surface area contributed by atoms with E-state index in [1.807, 2.05) is 17.9 Å². The first-order chi connectivity index (χ1) is 17.7. The highest BCUT2D eigenvalue weighted by molar-refractivity contribution is 7.90. The summed E-state index contributed by atoms with van der Waals surface area (Å²) in [6.07, 6.45) is -1.25. The molecule has 0 bridgehead atoms. The second-order valence-corrected chi connectivity index (χ2v) is 11.3. The smallest absolute Gasteiger partial charge is 0.378 e. The van der Waals surface area contributed by atoms with Crippen LogP contribution in [0.2, 0.25) is 0 Å². The predicted molar refractivity (Wildman–Crippen MR) is 136 cm³/mol. The van der Waals surface area contributed by atoms with E-state index in [1.54, 1.807) is 36.3 Å². The van der Waals surface area contributed by atoms with Crippen molar-refractivity contribution >= 4 is 27.0 Å². The van der Waals surface area contributed by atoms with E-state index >= 15 is 0 Å². The third-order valence-corrected chi connectivity index (χ3v) is 7.50. The molecule has 38 heavy (non-hydrogen) atoms. The number of rotatable bonds is 5. The van der Waals surface area contributed by atoms with Gasteiger partial charge in [-0.1, -0.05) is 6.07 Å². The van der Waals surface area contributed by atoms with E-state index in [9.17, 15) is 31.5 Å². The van der Waals surface area contributed by atoms with Crippen molar-refractivity contribution in [2.45, 2.75) is 24.2 Å². The van der Waals surface area contributed by atoms with Crippen molar-refractivity contribution in [3.05, 3.63) is 76.6 Å². The number of hydrogen-bond donors (Lipinski definition) is 2. The van der Waals surface area contributed by atoms with Crippen LogP contribution in [0.3, 0.4) is 0 Å². The lowest BCUT2D eigenvalue weighted by molar-refractivity contribution is -0.137. The summed E-state index contributed by atoms with van der Waals surface area (Å²) in [7, 11) is -2.25. The predicted octanol–water partition coefficient (Wildman–Crippen LogP) is 3.49. The number of alkyl halides is 3. The van der Waals surface area contributed by atoms with Crippen LogP contribution < -0.4 is 5.32 Å². The van der Waals surface area contributed by atoms with Crippen LogP contribution in [-0.2, 0) is 20.8 Å². The van der Waals surface area contributed by atoms with Gasteiger partial charge in [0.05, 0.1) is 29.4 Å². The lowest BCUT2D eigenvalue weighted by Crippen LogP contribution is -2.44. The van der Waals surface area contributed by atoms with Crippen molar-refractivity contribution in [2.75, 3.05) is 44.9 Å². The van der Waals surface area contributed by atoms with Gasteiger partial charge in [-0.05, 0) is 60.0 Å². The fourth-order valence-corrected chi connectivity index (χ4v) is 5.00. The van der Waals surface area contributed by atoms with Gasteiger partial charge in [-0.2, -0.15) is 13.2 Å². The molecule has 2 aromatic rings. The van der Waals surface area contributed by atoms with Gasteiger partial charge in [0, 0.05) is 43.8 Å². The molecule has 1 fully saturated rings. The summed E-state index contributed by atoms with van der Waals surface area (Å²) in [5.41, 5.74) is 1.74. The summed E-state index contributed by atoms with van der Waals surface area (Å²) in [6.45, 7) is 4.23. The number of halogens is 3. The minimum atomic E-state index is -4.83. The molecule has 2 heterocycles. The van der Waals surface area contributed by atoms with Gasteiger partial charge in [-0.3, -0.25) is 4.79 Å². The Morgan fingerprint density at radius 1 is 1.13 bits per heavy atom. The van der Waals surface area contributed by atoms with Crippen LogP contribution in [0.4, 0.5) is 18.9 Å². The van der Waals surface area contributed by atoms with E-state index in [4.69, 9.17) is 4.74 Å². The minimum absolute atomic E-state index is 0.310. The first kappa shape index (κ1) is 27.7. The number of aliphatic hydroxyl groups excluding tert-OH is 1. The van der Waals surface area contributed by atoms with Crippen LogP contribution >= 0.6 is 0 Å². The van der Waals surface area contributed by atoms with Gasteiger partial charge in [0.2, 0.25) is 0 Å². The van der Waals surface area contributed by atoms with Crippen molar-refractivity contribution in [3.8, 4) is 0 Å². The molecular weight excluding hydrogens is 523 g/mol. The summed E-state index contributed by atoms with van der Waals surface area (Å²) >= 11 is 0. The van der Waals surface area contributed by atoms with Crippen LogP contribution in [0.1, 0.15) is 27.0 Å². The molecule has 2 N–H and O–H groups in total. The van der Waals surface area contributed by atoms with Gasteiger partial charge in [0.15, 0.2) is 16.1 Å². The highest BCUT2D eigenvalue weighted by Crippen LogP contribution is 2.33. The van der Waals surface area contributed by atoms with Crippen molar-refractivity contribution < 1.29 is 36.2 Å². The Hall–Kier alpha value is -3.35. The summed E-state index contributed by atoms with van der Waals surface area (Å²) in [5, 5.41) is 13.3. The number of aliphatic hydroxyl groups is 1. The summed E-state index contributed by atoms with van der Waals surface area (Å²) in [5.74, 6) is -0.884. The van der Waals surface area contributed by atoms with Gasteiger partial charge in [-0.15, -0.1) is 0 Å². The number of aryl methyl sites for hydroxylation is 1. The maximum absolute atomic E-state index is 13.4. The number of nitrogens with one attached hydrogen (secondary N) is 1. The Morgan fingerprint density at radius 2 is 1.82 bits per heavy atom. The first-order valence-corrected chi connectivity index (χ1v) is 13.6. The quantitative estimate of drug-likeness (QED) is 0.587. The van der Waals surface area contributed by atoms with Crippen molar-refractivity contribution in [1.29, 1.82) is 0 Å². The van der Waals surface area contributed by atoms with E-state index in [0.29, 0.717) is 49.8 Å². The largest absolute Gasteiger partial charge is 0.416 e. The van der Waals surface area contributed by atoms with Crippen molar-refractivity contribution in [3.63, 3.8) is 0 Å². The number of nitrogens with zero attached hydrogens (tertiary/aromatic N) is 2. The molecule has 1 amide bonds. The summed E-state index contributed by atoms with van der Waals surface area (Å²) in [4.78, 5) is 16.1. The number of sulfone groups is 1. The Labute approximate surface area is 218 Å². The van der Waals surface area contributed by atoms with Crippen molar-refractivity contribution in [1.82, 2.24) is 9.80 Å². The summed E-state index contributed by atoms with van der Waals surface area (Å²) in [6, 6.07) is 7.10. The monoisotopic (exact) mass is 551 g/mol. The zero-order valence-electron chi connectivity index (χ0n) is 21.0. The fourth-order valence-electron chi connectivity index (χ4n) is 4.32. The Bertz CT molecular complexity index is 1410. The lowest BCUT2D eigenvalue weighted by Gasteiger charge is -2.38. The zero-order chi connectivity index (χ0) is 27.8. The van der Waals surface area contributed by atoms with Gasteiger partial charge >= 0.3 is 6.18 Å². The number of amides is 1. The molecule has 0 saturated carbocycles. The molecule has 1 atom stereocenters. The molecule has 2 aromatic carbocycles. The second-order valence-electron chi connectivity index (χ2n) is 9.29. The number of likely N-dealkylation sites (N-methyl/N-ethyl adjacent to an activating group) is 1. The molecular formula is C26H28F3N3O5S. The van der Waals surface area contributed by atoms with E-state index in [0.717, 1.165) is 29.0 Å². The minimum Gasteiger partial charge on any atom is -0.378 e. The number of anilines is 1. The van der Waals surface area contributed by atoms with Crippen LogP contribution in [0.25, 0.3) is 5.57 Å². The third-order valence-electron chi connectivity index (χ3n) is 6.40. The van der Waals surface area contributed by atoms with Gasteiger partial charge < -0.3 is 25.0 Å². The summed E-state index contributed by atoms with van der Waals surface area (Å²) < 4.78 is 69.5. The highest BCUT2D eigenvalue weighted by Gasteiger charge is 2.33. The first-order valence-electron chi connectivity index (χ1n) is 11.7. The number of allylic oxidation sites excluding steroid dienone is 2. The maximum atomic E-state index is 13.4. The molecule has 0 aliphatic carbocycles. The number of morpholine rings is 1. The number of ether oxygens (including phenoxy) is 1. The average Bonchev–Trinajstić information content (AvgIpc) is 2.86. The normalized spacial score (nSPS) is 18.7. The molecule has 1 saturated heterocycles. The topological polar surface area (TPSA) is 99.2 Å². The Morgan fingerprint density at radius 3 is 2.45 bits per heavy atom. The van der Waals surface area contributed by atoms with E-state index < -0.39 is 44.2 Å². The number of carbonyl (C=O) groups excluding carboxylic acids is 1. The highest BCUT2D eigenvalue weighted by atomic mass is 32.2. The number of benzene rings is 2. The van der Waals surface area contributed by atoms with Gasteiger partial charge in [0.1, 0.15) is 0 Å². The standard InChI is InChI=1S/C26H28F3N3O5S/c1-16-4-5-20(30-24(33)17-10-19(26(27,28)29)13-21(11-17)38(3,35)36)14-22(16)18-12-23(25(34)31(2)15-18)32-6-8-37-9-7-32/h4-5,10-15,25,34H,6-9H2,1-3H3,(H,30,33). The van der Waals surface area contributed by atoms with Gasteiger partial charge in [0.25, 0.3) is 5.91 Å². The van der Waals surface area contributed by atoms with Crippen LogP contribution in [0.5, 0.6) is 0 Å². The molecule has 0 radical (unpaired) electrons. The van der Waals surface area contributed by atoms with E-state index in [1.165, 1.54) is 0 Å². The van der Waals surface area contributed by atoms with E-state index in [-0.39, 0.29) is 0 Å². The Kier molecular flexibility index (Phi) is 7.60. The fraction of sp³-hybridized carbons (Fsp3) is 0.346.